The molecule has 1 fully saturated rings. The van der Waals surface area contributed by atoms with Gasteiger partial charge in [-0.15, -0.1) is 0 Å². The molecule has 0 aliphatic carbocycles. The second-order valence-electron chi connectivity index (χ2n) is 7.64. The zero-order valence-corrected chi connectivity index (χ0v) is 16.7. The molecule has 8 nitrogen and oxygen atoms in total. The molecule has 31 heavy (non-hydrogen) atoms. The molecule has 0 spiro atoms. The number of carbonyl (C=O) groups excluding carboxylic acids is 3. The van der Waals surface area contributed by atoms with Crippen LogP contribution in [0.15, 0.2) is 54.7 Å². The molecule has 1 aromatic heterocycles. The van der Waals surface area contributed by atoms with Crippen molar-refractivity contribution >= 4 is 28.8 Å². The highest BCUT2D eigenvalue weighted by Crippen LogP contribution is 2.23. The van der Waals surface area contributed by atoms with Gasteiger partial charge in [-0.25, -0.2) is 9.97 Å². The fraction of sp³-hybridized carbons (Fsp3) is 0.261. The van der Waals surface area contributed by atoms with E-state index in [1.54, 1.807) is 35.4 Å². The van der Waals surface area contributed by atoms with Crippen molar-refractivity contribution in [2.45, 2.75) is 18.9 Å². The minimum atomic E-state index is -0.415. The first-order valence-corrected chi connectivity index (χ1v) is 10.2. The average molecular weight is 416 g/mol. The quantitative estimate of drug-likeness (QED) is 0.606. The van der Waals surface area contributed by atoms with E-state index in [1.165, 1.54) is 0 Å². The number of hydrogen-bond acceptors (Lipinski definition) is 6. The normalized spacial score (nSPS) is 16.6. The van der Waals surface area contributed by atoms with E-state index >= 15 is 0 Å². The minimum Gasteiger partial charge on any atom is -0.473 e. The Kier molecular flexibility index (Phi) is 4.82. The monoisotopic (exact) mass is 416 g/mol. The molecule has 5 rings (SSSR count). The smallest absolute Gasteiger partial charge is 0.262 e. The summed E-state index contributed by atoms with van der Waals surface area (Å²) in [6.45, 7) is 0.745. The second kappa shape index (κ2) is 7.79. The summed E-state index contributed by atoms with van der Waals surface area (Å²) < 4.78 is 5.97. The number of piperidine rings is 1. The predicted octanol–water partition coefficient (Wildman–Crippen LogP) is 2.30. The maximum atomic E-state index is 12.7. The number of amides is 3. The van der Waals surface area contributed by atoms with Gasteiger partial charge in [-0.3, -0.25) is 19.3 Å². The molecule has 2 aliphatic heterocycles. The molecule has 0 bridgehead atoms. The summed E-state index contributed by atoms with van der Waals surface area (Å²) in [5.41, 5.74) is 2.28. The lowest BCUT2D eigenvalue weighted by Crippen LogP contribution is -2.47. The fourth-order valence-electron chi connectivity index (χ4n) is 4.01. The highest BCUT2D eigenvalue weighted by atomic mass is 16.5. The van der Waals surface area contributed by atoms with E-state index in [9.17, 15) is 14.4 Å². The van der Waals surface area contributed by atoms with Crippen LogP contribution in [0.5, 0.6) is 5.88 Å². The number of benzene rings is 2. The van der Waals surface area contributed by atoms with Gasteiger partial charge in [-0.1, -0.05) is 24.3 Å². The zero-order chi connectivity index (χ0) is 21.4. The van der Waals surface area contributed by atoms with Crippen LogP contribution < -0.4 is 4.74 Å². The molecular formula is C23H20N4O4. The van der Waals surface area contributed by atoms with Crippen molar-refractivity contribution in [3.63, 3.8) is 0 Å². The number of aromatic nitrogens is 2. The summed E-state index contributed by atoms with van der Waals surface area (Å²) in [6.07, 6.45) is 2.83. The van der Waals surface area contributed by atoms with E-state index in [4.69, 9.17) is 4.74 Å². The molecule has 0 unspecified atom stereocenters. The first-order chi connectivity index (χ1) is 15.1. The first kappa shape index (κ1) is 19.2. The van der Waals surface area contributed by atoms with Gasteiger partial charge in [0, 0.05) is 25.9 Å². The molecule has 0 atom stereocenters. The van der Waals surface area contributed by atoms with Gasteiger partial charge in [0.25, 0.3) is 11.8 Å². The van der Waals surface area contributed by atoms with Crippen LogP contribution >= 0.6 is 0 Å². The summed E-state index contributed by atoms with van der Waals surface area (Å²) in [7, 11) is 0. The minimum absolute atomic E-state index is 0.0705. The standard InChI is InChI=1S/C23H20N4O4/c28-21(14-27-22(29)16-5-1-2-6-17(16)23(27)30)26-11-9-15(10-12-26)31-20-13-24-18-7-3-4-8-19(18)25-20/h1-8,13,15H,9-12,14H2. The van der Waals surface area contributed by atoms with E-state index < -0.39 is 11.8 Å². The van der Waals surface area contributed by atoms with Crippen LogP contribution in [0, 0.1) is 0 Å². The van der Waals surface area contributed by atoms with Gasteiger partial charge in [0.15, 0.2) is 0 Å². The van der Waals surface area contributed by atoms with E-state index in [0.717, 1.165) is 15.9 Å². The molecule has 3 aromatic rings. The molecule has 0 N–H and O–H groups in total. The fourth-order valence-corrected chi connectivity index (χ4v) is 4.01. The molecule has 0 saturated carbocycles. The number of fused-ring (bicyclic) bond motifs is 2. The number of rotatable bonds is 4. The van der Waals surface area contributed by atoms with Crippen LogP contribution in [0.1, 0.15) is 33.6 Å². The number of hydrogen-bond donors (Lipinski definition) is 0. The Morgan fingerprint density at radius 1 is 0.935 bits per heavy atom. The summed E-state index contributed by atoms with van der Waals surface area (Å²) >= 11 is 0. The number of carbonyl (C=O) groups is 3. The van der Waals surface area contributed by atoms with Gasteiger partial charge >= 0.3 is 0 Å². The maximum absolute atomic E-state index is 12.7. The van der Waals surface area contributed by atoms with Crippen molar-refractivity contribution in [2.24, 2.45) is 0 Å². The zero-order valence-electron chi connectivity index (χ0n) is 16.7. The van der Waals surface area contributed by atoms with Crippen LogP contribution in [0.3, 0.4) is 0 Å². The van der Waals surface area contributed by atoms with Gasteiger partial charge in [0.1, 0.15) is 12.6 Å². The number of nitrogens with zero attached hydrogens (tertiary/aromatic N) is 4. The summed E-state index contributed by atoms with van der Waals surface area (Å²) in [4.78, 5) is 49.2. The predicted molar refractivity (Wildman–Crippen MR) is 112 cm³/mol. The van der Waals surface area contributed by atoms with Crippen LogP contribution in [0.25, 0.3) is 11.0 Å². The molecule has 3 amide bonds. The number of likely N-dealkylation sites (tertiary alicyclic amines) is 1. The maximum Gasteiger partial charge on any atom is 0.262 e. The topological polar surface area (TPSA) is 92.7 Å². The number of imide groups is 1. The third-order valence-corrected chi connectivity index (χ3v) is 5.68. The highest BCUT2D eigenvalue weighted by Gasteiger charge is 2.37. The largest absolute Gasteiger partial charge is 0.473 e. The molecule has 156 valence electrons. The molecule has 2 aliphatic rings. The molecular weight excluding hydrogens is 396 g/mol. The van der Waals surface area contributed by atoms with Crippen molar-refractivity contribution in [1.29, 1.82) is 0 Å². The van der Waals surface area contributed by atoms with Crippen molar-refractivity contribution in [1.82, 2.24) is 19.8 Å². The highest BCUT2D eigenvalue weighted by molar-refractivity contribution is 6.22. The lowest BCUT2D eigenvalue weighted by molar-refractivity contribution is -0.133. The lowest BCUT2D eigenvalue weighted by Gasteiger charge is -2.32. The average Bonchev–Trinajstić information content (AvgIpc) is 3.04. The van der Waals surface area contributed by atoms with Crippen molar-refractivity contribution in [2.75, 3.05) is 19.6 Å². The number of ether oxygens (including phenoxy) is 1. The third-order valence-electron chi connectivity index (χ3n) is 5.68. The van der Waals surface area contributed by atoms with Crippen molar-refractivity contribution < 1.29 is 19.1 Å². The Bertz CT molecular complexity index is 1150. The Hall–Kier alpha value is -3.81. The van der Waals surface area contributed by atoms with Gasteiger partial charge in [0.2, 0.25) is 11.8 Å². The van der Waals surface area contributed by atoms with Crippen LogP contribution in [0.2, 0.25) is 0 Å². The second-order valence-corrected chi connectivity index (χ2v) is 7.64. The van der Waals surface area contributed by atoms with Gasteiger partial charge < -0.3 is 9.64 Å². The molecule has 3 heterocycles. The van der Waals surface area contributed by atoms with E-state index in [1.807, 2.05) is 24.3 Å². The summed E-state index contributed by atoms with van der Waals surface area (Å²) in [6, 6.07) is 14.2. The Morgan fingerprint density at radius 2 is 1.55 bits per heavy atom. The molecule has 1 saturated heterocycles. The Balaban J connectivity index is 1.17. The summed E-state index contributed by atoms with van der Waals surface area (Å²) in [5.74, 6) is -0.600. The van der Waals surface area contributed by atoms with Crippen molar-refractivity contribution in [3.05, 3.63) is 65.9 Å². The van der Waals surface area contributed by atoms with E-state index in [0.29, 0.717) is 42.9 Å². The lowest BCUT2D eigenvalue weighted by atomic mass is 10.1. The van der Waals surface area contributed by atoms with E-state index in [2.05, 4.69) is 9.97 Å². The van der Waals surface area contributed by atoms with Crippen molar-refractivity contribution in [3.8, 4) is 5.88 Å². The van der Waals surface area contributed by atoms with E-state index in [-0.39, 0.29) is 18.6 Å². The summed E-state index contributed by atoms with van der Waals surface area (Å²) in [5, 5.41) is 0. The van der Waals surface area contributed by atoms with Crippen LogP contribution in [0.4, 0.5) is 0 Å². The Morgan fingerprint density at radius 3 is 2.23 bits per heavy atom. The first-order valence-electron chi connectivity index (χ1n) is 10.2. The SMILES string of the molecule is O=C(CN1C(=O)c2ccccc2C1=O)N1CCC(Oc2cnc3ccccc3n2)CC1. The Labute approximate surface area is 178 Å². The van der Waals surface area contributed by atoms with Crippen LogP contribution in [-0.2, 0) is 4.79 Å². The third kappa shape index (κ3) is 3.61. The van der Waals surface area contributed by atoms with Crippen LogP contribution in [-0.4, -0.2) is 63.2 Å². The van der Waals surface area contributed by atoms with Gasteiger partial charge in [0.05, 0.1) is 28.4 Å². The molecule has 0 radical (unpaired) electrons. The molecule has 2 aromatic carbocycles. The van der Waals surface area contributed by atoms with Gasteiger partial charge in [-0.2, -0.15) is 0 Å². The number of para-hydroxylation sites is 2. The molecule has 8 heteroatoms. The van der Waals surface area contributed by atoms with Gasteiger partial charge in [-0.05, 0) is 24.3 Å².